The van der Waals surface area contributed by atoms with Gasteiger partial charge in [-0.1, -0.05) is 0 Å². The molecule has 0 spiro atoms. The smallest absolute Gasteiger partial charge is 0.130 e. The van der Waals surface area contributed by atoms with Gasteiger partial charge in [0.1, 0.15) is 12.6 Å². The van der Waals surface area contributed by atoms with Gasteiger partial charge in [-0.3, -0.25) is 0 Å². The minimum Gasteiger partial charge on any atom is -0.367 e. The minimum absolute atomic E-state index is 0.600. The highest BCUT2D eigenvalue weighted by molar-refractivity contribution is 7.99. The molecule has 0 aromatic carbocycles. The zero-order chi connectivity index (χ0) is 7.73. The second-order valence-corrected chi connectivity index (χ2v) is 5.04. The maximum atomic E-state index is 5.25. The first-order chi connectivity index (χ1) is 5.29. The summed E-state index contributed by atoms with van der Waals surface area (Å²) in [7, 11) is 2.36. The highest BCUT2D eigenvalue weighted by Crippen LogP contribution is 2.20. The molecular formula is C8H16NOS+. The van der Waals surface area contributed by atoms with Crippen LogP contribution in [0.3, 0.4) is 0 Å². The third-order valence-electron chi connectivity index (χ3n) is 2.60. The van der Waals surface area contributed by atoms with E-state index in [0.717, 1.165) is 6.61 Å². The molecule has 11 heavy (non-hydrogen) atoms. The van der Waals surface area contributed by atoms with Gasteiger partial charge in [0.25, 0.3) is 0 Å². The molecule has 0 aliphatic carbocycles. The maximum Gasteiger partial charge on any atom is 0.130 e. The first kappa shape index (κ1) is 7.90. The van der Waals surface area contributed by atoms with Crippen LogP contribution >= 0.6 is 11.8 Å². The van der Waals surface area contributed by atoms with Crippen molar-refractivity contribution in [3.05, 3.63) is 0 Å². The summed E-state index contributed by atoms with van der Waals surface area (Å²) in [5, 5.41) is 0. The molecule has 1 atom stereocenters. The molecule has 0 saturated carbocycles. The van der Waals surface area contributed by atoms with Crippen molar-refractivity contribution in [2.75, 3.05) is 44.8 Å². The monoisotopic (exact) mass is 174 g/mol. The summed E-state index contributed by atoms with van der Waals surface area (Å²) in [4.78, 5) is 0. The van der Waals surface area contributed by atoms with Crippen molar-refractivity contribution < 1.29 is 9.22 Å². The molecule has 2 heterocycles. The molecule has 3 heteroatoms. The summed E-state index contributed by atoms with van der Waals surface area (Å²) in [6, 6.07) is 0. The third kappa shape index (κ3) is 2.10. The van der Waals surface area contributed by atoms with Gasteiger partial charge in [-0.15, -0.1) is 0 Å². The van der Waals surface area contributed by atoms with Gasteiger partial charge in [0, 0.05) is 11.5 Å². The Morgan fingerprint density at radius 1 is 1.45 bits per heavy atom. The summed E-state index contributed by atoms with van der Waals surface area (Å²) < 4.78 is 6.50. The van der Waals surface area contributed by atoms with Gasteiger partial charge in [-0.25, -0.2) is 0 Å². The number of nitrogens with zero attached hydrogens (tertiary/aromatic N) is 1. The maximum absolute atomic E-state index is 5.25. The van der Waals surface area contributed by atoms with Crippen LogP contribution in [0.1, 0.15) is 0 Å². The largest absolute Gasteiger partial charge is 0.367 e. The van der Waals surface area contributed by atoms with Crippen LogP contribution in [0, 0.1) is 0 Å². The number of thioether (sulfide) groups is 1. The Bertz CT molecular complexity index is 141. The van der Waals surface area contributed by atoms with E-state index in [1.54, 1.807) is 0 Å². The standard InChI is InChI=1S/C8H16NOS/c1-9(6-8-7-10-8)2-4-11-5-3-9/h8H,2-7H2,1H3/q+1. The highest BCUT2D eigenvalue weighted by atomic mass is 32.2. The molecule has 0 amide bonds. The van der Waals surface area contributed by atoms with E-state index in [1.807, 2.05) is 0 Å². The molecule has 0 N–H and O–H groups in total. The van der Waals surface area contributed by atoms with Gasteiger partial charge < -0.3 is 9.22 Å². The average Bonchev–Trinajstić information content (AvgIpc) is 2.72. The van der Waals surface area contributed by atoms with E-state index in [4.69, 9.17) is 4.74 Å². The van der Waals surface area contributed by atoms with Gasteiger partial charge in [0.15, 0.2) is 0 Å². The molecule has 0 radical (unpaired) electrons. The van der Waals surface area contributed by atoms with Crippen molar-refractivity contribution in [3.8, 4) is 0 Å². The van der Waals surface area contributed by atoms with Crippen molar-refractivity contribution in [1.29, 1.82) is 0 Å². The number of epoxide rings is 1. The molecule has 64 valence electrons. The second-order valence-electron chi connectivity index (χ2n) is 3.82. The van der Waals surface area contributed by atoms with Crippen molar-refractivity contribution in [2.24, 2.45) is 0 Å². The van der Waals surface area contributed by atoms with E-state index in [1.165, 1.54) is 35.6 Å². The summed E-state index contributed by atoms with van der Waals surface area (Å²) in [5.41, 5.74) is 0. The number of ether oxygens (including phenoxy) is 1. The molecule has 2 aliphatic heterocycles. The summed E-state index contributed by atoms with van der Waals surface area (Å²) in [5.74, 6) is 2.67. The first-order valence-electron chi connectivity index (χ1n) is 4.31. The second kappa shape index (κ2) is 2.96. The molecule has 2 fully saturated rings. The lowest BCUT2D eigenvalue weighted by Gasteiger charge is -2.36. The third-order valence-corrected chi connectivity index (χ3v) is 3.54. The zero-order valence-corrected chi connectivity index (χ0v) is 7.90. The van der Waals surface area contributed by atoms with Crippen LogP contribution in [0.2, 0.25) is 0 Å². The van der Waals surface area contributed by atoms with Crippen LogP contribution in [0.25, 0.3) is 0 Å². The molecular weight excluding hydrogens is 158 g/mol. The Balaban J connectivity index is 1.84. The lowest BCUT2D eigenvalue weighted by atomic mass is 10.3. The van der Waals surface area contributed by atoms with E-state index in [-0.39, 0.29) is 0 Å². The Kier molecular flexibility index (Phi) is 2.12. The topological polar surface area (TPSA) is 12.5 Å². The number of quaternary nitrogens is 1. The fourth-order valence-electron chi connectivity index (χ4n) is 1.63. The highest BCUT2D eigenvalue weighted by Gasteiger charge is 2.34. The van der Waals surface area contributed by atoms with Crippen LogP contribution in [0.4, 0.5) is 0 Å². The predicted octanol–water partition coefficient (Wildman–Crippen LogP) is 0.579. The molecule has 0 bridgehead atoms. The van der Waals surface area contributed by atoms with Crippen molar-refractivity contribution in [3.63, 3.8) is 0 Å². The fraction of sp³-hybridized carbons (Fsp3) is 1.00. The van der Waals surface area contributed by atoms with Crippen LogP contribution in [-0.2, 0) is 4.74 Å². The van der Waals surface area contributed by atoms with Gasteiger partial charge in [0.05, 0.1) is 26.7 Å². The van der Waals surface area contributed by atoms with Crippen LogP contribution in [0.15, 0.2) is 0 Å². The van der Waals surface area contributed by atoms with Crippen LogP contribution in [-0.4, -0.2) is 55.4 Å². The molecule has 0 aromatic rings. The Hall–Kier alpha value is 0.270. The minimum atomic E-state index is 0.600. The van der Waals surface area contributed by atoms with Gasteiger partial charge in [-0.05, 0) is 0 Å². The number of hydrogen-bond donors (Lipinski definition) is 0. The Labute approximate surface area is 72.5 Å². The van der Waals surface area contributed by atoms with Crippen molar-refractivity contribution in [1.82, 2.24) is 0 Å². The van der Waals surface area contributed by atoms with Crippen molar-refractivity contribution >= 4 is 11.8 Å². The lowest BCUT2D eigenvalue weighted by molar-refractivity contribution is -0.906. The first-order valence-corrected chi connectivity index (χ1v) is 5.47. The molecule has 1 unspecified atom stereocenters. The predicted molar refractivity (Wildman–Crippen MR) is 47.9 cm³/mol. The van der Waals surface area contributed by atoms with E-state index in [0.29, 0.717) is 6.10 Å². The lowest BCUT2D eigenvalue weighted by Crippen LogP contribution is -2.51. The quantitative estimate of drug-likeness (QED) is 0.448. The van der Waals surface area contributed by atoms with Crippen LogP contribution < -0.4 is 0 Å². The Morgan fingerprint density at radius 2 is 2.09 bits per heavy atom. The summed E-state index contributed by atoms with van der Waals surface area (Å²) in [6.07, 6.45) is 0.600. The van der Waals surface area contributed by atoms with Gasteiger partial charge in [-0.2, -0.15) is 11.8 Å². The summed E-state index contributed by atoms with van der Waals surface area (Å²) >= 11 is 2.09. The molecule has 0 aromatic heterocycles. The van der Waals surface area contributed by atoms with E-state index in [9.17, 15) is 0 Å². The van der Waals surface area contributed by atoms with E-state index < -0.39 is 0 Å². The van der Waals surface area contributed by atoms with E-state index >= 15 is 0 Å². The molecule has 2 saturated heterocycles. The zero-order valence-electron chi connectivity index (χ0n) is 7.08. The van der Waals surface area contributed by atoms with Gasteiger partial charge in [0.2, 0.25) is 0 Å². The van der Waals surface area contributed by atoms with E-state index in [2.05, 4.69) is 18.8 Å². The summed E-state index contributed by atoms with van der Waals surface area (Å²) in [6.45, 7) is 4.94. The average molecular weight is 174 g/mol. The van der Waals surface area contributed by atoms with Crippen LogP contribution in [0.5, 0.6) is 0 Å². The number of hydrogen-bond acceptors (Lipinski definition) is 2. The SMILES string of the molecule is C[N+]1(CC2CO2)CCSCC1. The molecule has 2 nitrogen and oxygen atoms in total. The van der Waals surface area contributed by atoms with Crippen molar-refractivity contribution in [2.45, 2.75) is 6.10 Å². The number of likely N-dealkylation sites (N-methyl/N-ethyl adjacent to an activating group) is 1. The fourth-order valence-corrected chi connectivity index (χ4v) is 2.98. The molecule has 2 rings (SSSR count). The van der Waals surface area contributed by atoms with Gasteiger partial charge >= 0.3 is 0 Å². The normalized spacial score (nSPS) is 35.2. The Morgan fingerprint density at radius 3 is 2.64 bits per heavy atom. The number of rotatable bonds is 2. The molecule has 2 aliphatic rings.